The van der Waals surface area contributed by atoms with Crippen molar-refractivity contribution in [2.75, 3.05) is 67.1 Å². The molecule has 0 amide bonds. The topological polar surface area (TPSA) is 9.23 Å². The molecule has 0 radical (unpaired) electrons. The van der Waals surface area contributed by atoms with E-state index in [1.807, 2.05) is 0 Å². The molecular formula is C10H28Cl2N2OP2. The maximum Gasteiger partial charge on any atom is 0.128 e. The number of rotatable bonds is 8. The first-order valence-electron chi connectivity index (χ1n) is 5.49. The zero-order valence-electron chi connectivity index (χ0n) is 11.5. The van der Waals surface area contributed by atoms with E-state index in [-0.39, 0.29) is 24.8 Å². The zero-order valence-corrected chi connectivity index (χ0v) is 15.3. The van der Waals surface area contributed by atoms with Gasteiger partial charge in [-0.2, -0.15) is 0 Å². The van der Waals surface area contributed by atoms with Crippen molar-refractivity contribution in [2.24, 2.45) is 0 Å². The number of hydrogen-bond acceptors (Lipinski definition) is 1. The van der Waals surface area contributed by atoms with E-state index >= 15 is 0 Å². The summed E-state index contributed by atoms with van der Waals surface area (Å²) < 4.78 is 7.19. The molecule has 0 aromatic rings. The SMILES string of the molecule is C[N+](C)(CCP)CC[N+](C)(C)CCOP.[Cl-].[Cl-]. The Balaban J connectivity index is -0.000000980. The normalized spacial score (nSPS) is 11.6. The number of halogens is 2. The van der Waals surface area contributed by atoms with E-state index in [4.69, 9.17) is 4.52 Å². The Morgan fingerprint density at radius 3 is 1.59 bits per heavy atom. The third kappa shape index (κ3) is 13.6. The van der Waals surface area contributed by atoms with Crippen LogP contribution < -0.4 is 24.8 Å². The lowest BCUT2D eigenvalue weighted by Gasteiger charge is -2.35. The molecule has 0 aliphatic heterocycles. The first-order valence-corrected chi connectivity index (χ1v) is 6.77. The van der Waals surface area contributed by atoms with Gasteiger partial charge in [0.2, 0.25) is 0 Å². The summed E-state index contributed by atoms with van der Waals surface area (Å²) in [5, 5.41) is 0. The van der Waals surface area contributed by atoms with Crippen LogP contribution >= 0.6 is 18.7 Å². The quantitative estimate of drug-likeness (QED) is 0.320. The third-order valence-corrected chi connectivity index (χ3v) is 3.35. The highest BCUT2D eigenvalue weighted by atomic mass is 35.5. The van der Waals surface area contributed by atoms with Crippen LogP contribution in [0.2, 0.25) is 0 Å². The van der Waals surface area contributed by atoms with Crippen LogP contribution in [-0.4, -0.2) is 76.1 Å². The van der Waals surface area contributed by atoms with Gasteiger partial charge in [-0.05, 0) is 0 Å². The molecule has 0 heterocycles. The monoisotopic (exact) mass is 324 g/mol. The third-order valence-electron chi connectivity index (χ3n) is 2.86. The first kappa shape index (κ1) is 23.4. The summed E-state index contributed by atoms with van der Waals surface area (Å²) in [7, 11) is 14.3. The Hall–Kier alpha value is 1.32. The van der Waals surface area contributed by atoms with Crippen LogP contribution in [0.15, 0.2) is 0 Å². The molecule has 2 atom stereocenters. The summed E-state index contributed by atoms with van der Waals surface area (Å²) in [6, 6.07) is 0. The molecule has 0 aromatic carbocycles. The van der Waals surface area contributed by atoms with Crippen LogP contribution in [0, 0.1) is 0 Å². The van der Waals surface area contributed by atoms with Crippen LogP contribution in [0.4, 0.5) is 0 Å². The lowest BCUT2D eigenvalue weighted by molar-refractivity contribution is -0.944. The summed E-state index contributed by atoms with van der Waals surface area (Å²) in [5.74, 6) is 0. The van der Waals surface area contributed by atoms with Gasteiger partial charge in [-0.15, -0.1) is 9.24 Å². The molecule has 0 rings (SSSR count). The molecule has 0 spiro atoms. The van der Waals surface area contributed by atoms with E-state index < -0.39 is 0 Å². The Bertz CT molecular complexity index is 184. The van der Waals surface area contributed by atoms with E-state index in [2.05, 4.69) is 46.9 Å². The number of quaternary nitrogens is 2. The van der Waals surface area contributed by atoms with Crippen molar-refractivity contribution in [3.05, 3.63) is 0 Å². The largest absolute Gasteiger partial charge is 1.00 e. The van der Waals surface area contributed by atoms with Crippen LogP contribution in [0.3, 0.4) is 0 Å². The molecule has 17 heavy (non-hydrogen) atoms. The van der Waals surface area contributed by atoms with Gasteiger partial charge in [0.25, 0.3) is 0 Å². The zero-order chi connectivity index (χ0) is 11.9. The molecule has 0 aromatic heterocycles. The Kier molecular flexibility index (Phi) is 15.4. The number of nitrogens with zero attached hydrogens (tertiary/aromatic N) is 2. The number of likely N-dealkylation sites (N-methyl/N-ethyl adjacent to an activating group) is 2. The molecule has 0 bridgehead atoms. The Morgan fingerprint density at radius 1 is 0.824 bits per heavy atom. The van der Waals surface area contributed by atoms with Crippen LogP contribution in [0.5, 0.6) is 0 Å². The lowest BCUT2D eigenvalue weighted by Crippen LogP contribution is -3.00. The van der Waals surface area contributed by atoms with Gasteiger partial charge in [0, 0.05) is 15.6 Å². The molecule has 3 nitrogen and oxygen atoms in total. The average Bonchev–Trinajstić information content (AvgIpc) is 2.12. The second-order valence-electron chi connectivity index (χ2n) is 5.43. The van der Waals surface area contributed by atoms with Crippen molar-refractivity contribution in [2.45, 2.75) is 0 Å². The van der Waals surface area contributed by atoms with Gasteiger partial charge < -0.3 is 38.3 Å². The summed E-state index contributed by atoms with van der Waals surface area (Å²) in [5.41, 5.74) is 0. The predicted octanol–water partition coefficient (Wildman–Crippen LogP) is -5.17. The summed E-state index contributed by atoms with van der Waals surface area (Å²) in [6.45, 7) is 5.54. The standard InChI is InChI=1S/C10H28N2OP2.2ClH/c1-11(2,7-9-13-15)5-6-12(3,4)8-10-14;;/h5-10,14-15H2,1-4H3;2*1H/q+2;;/p-2. The molecule has 0 N–H and O–H groups in total. The van der Waals surface area contributed by atoms with Crippen LogP contribution in [0.25, 0.3) is 0 Å². The van der Waals surface area contributed by atoms with E-state index in [1.54, 1.807) is 0 Å². The molecule has 108 valence electrons. The van der Waals surface area contributed by atoms with Gasteiger partial charge >= 0.3 is 0 Å². The molecular weight excluding hydrogens is 297 g/mol. The fourth-order valence-electron chi connectivity index (χ4n) is 1.41. The average molecular weight is 325 g/mol. The smallest absolute Gasteiger partial charge is 0.128 e. The van der Waals surface area contributed by atoms with Gasteiger partial charge in [0.05, 0.1) is 41.3 Å². The highest BCUT2D eigenvalue weighted by Crippen LogP contribution is 2.04. The van der Waals surface area contributed by atoms with Gasteiger partial charge in [-0.25, -0.2) is 0 Å². The minimum atomic E-state index is 0. The van der Waals surface area contributed by atoms with Gasteiger partial charge in [0.15, 0.2) is 0 Å². The van der Waals surface area contributed by atoms with Gasteiger partial charge in [-0.3, -0.25) is 0 Å². The summed E-state index contributed by atoms with van der Waals surface area (Å²) in [6.07, 6.45) is 1.18. The van der Waals surface area contributed by atoms with E-state index in [0.717, 1.165) is 22.1 Å². The van der Waals surface area contributed by atoms with Crippen molar-refractivity contribution in [3.63, 3.8) is 0 Å². The maximum atomic E-state index is 5.05. The predicted molar refractivity (Wildman–Crippen MR) is 73.9 cm³/mol. The van der Waals surface area contributed by atoms with E-state index in [9.17, 15) is 0 Å². The highest BCUT2D eigenvalue weighted by molar-refractivity contribution is 7.16. The molecule has 0 fully saturated rings. The van der Waals surface area contributed by atoms with Crippen LogP contribution in [-0.2, 0) is 4.52 Å². The first-order chi connectivity index (χ1) is 6.83. The fourth-order valence-corrected chi connectivity index (χ4v) is 2.22. The van der Waals surface area contributed by atoms with Crippen molar-refractivity contribution in [1.82, 2.24) is 0 Å². The van der Waals surface area contributed by atoms with Crippen molar-refractivity contribution in [1.29, 1.82) is 0 Å². The molecule has 0 aliphatic rings. The fraction of sp³-hybridized carbons (Fsp3) is 1.00. The maximum absolute atomic E-state index is 5.05. The molecule has 0 aliphatic carbocycles. The Morgan fingerprint density at radius 2 is 1.24 bits per heavy atom. The molecule has 7 heteroatoms. The lowest BCUT2D eigenvalue weighted by atomic mass is 10.3. The van der Waals surface area contributed by atoms with E-state index in [0.29, 0.717) is 0 Å². The number of hydrogen-bond donors (Lipinski definition) is 0. The molecule has 2 unspecified atom stereocenters. The summed E-state index contributed by atoms with van der Waals surface area (Å²) in [4.78, 5) is 0. The Labute approximate surface area is 124 Å². The minimum Gasteiger partial charge on any atom is -1.00 e. The second-order valence-corrected chi connectivity index (χ2v) is 6.34. The minimum absolute atomic E-state index is 0. The van der Waals surface area contributed by atoms with Crippen molar-refractivity contribution < 1.29 is 38.3 Å². The summed E-state index contributed by atoms with van der Waals surface area (Å²) >= 11 is 0. The van der Waals surface area contributed by atoms with Crippen molar-refractivity contribution in [3.8, 4) is 0 Å². The highest BCUT2D eigenvalue weighted by Gasteiger charge is 2.21. The molecule has 0 saturated carbocycles. The van der Waals surface area contributed by atoms with Gasteiger partial charge in [-0.1, -0.05) is 0 Å². The van der Waals surface area contributed by atoms with Crippen molar-refractivity contribution >= 4 is 18.7 Å². The van der Waals surface area contributed by atoms with Gasteiger partial charge in [0.1, 0.15) is 19.6 Å². The second kappa shape index (κ2) is 11.2. The molecule has 0 saturated heterocycles. The van der Waals surface area contributed by atoms with E-state index in [1.165, 1.54) is 25.8 Å². The van der Waals surface area contributed by atoms with Crippen LogP contribution in [0.1, 0.15) is 0 Å².